The van der Waals surface area contributed by atoms with E-state index in [-0.39, 0.29) is 5.41 Å². The molecule has 1 unspecified atom stereocenters. The molecule has 1 atom stereocenters. The Labute approximate surface area is 69.6 Å². The van der Waals surface area contributed by atoms with Gasteiger partial charge in [0.2, 0.25) is 0 Å². The Balaban J connectivity index is 2.68. The van der Waals surface area contributed by atoms with Crippen LogP contribution in [0.1, 0.15) is 20.3 Å². The van der Waals surface area contributed by atoms with E-state index in [4.69, 9.17) is 23.5 Å². The zero-order valence-electron chi connectivity index (χ0n) is 5.78. The molecule has 0 radical (unpaired) electrons. The van der Waals surface area contributed by atoms with Gasteiger partial charge in [0.15, 0.2) is 0 Å². The SMILES string of the molecule is CC1(C)CC1(Cl)C(=O)OCl. The number of carbonyl (C=O) groups excluding carboxylic acids is 1. The lowest BCUT2D eigenvalue weighted by molar-refractivity contribution is -0.135. The summed E-state index contributed by atoms with van der Waals surface area (Å²) in [6.07, 6.45) is 0.632. The summed E-state index contributed by atoms with van der Waals surface area (Å²) in [5.74, 6) is -0.541. The van der Waals surface area contributed by atoms with Gasteiger partial charge in [-0.15, -0.1) is 11.6 Å². The third kappa shape index (κ3) is 0.903. The fraction of sp³-hybridized carbons (Fsp3) is 0.833. The first-order chi connectivity index (χ1) is 4.44. The van der Waals surface area contributed by atoms with Crippen molar-refractivity contribution in [3.8, 4) is 0 Å². The van der Waals surface area contributed by atoms with Crippen LogP contribution in [0, 0.1) is 5.41 Å². The van der Waals surface area contributed by atoms with Crippen LogP contribution in [0.4, 0.5) is 0 Å². The molecule has 0 heterocycles. The molecule has 0 N–H and O–H groups in total. The van der Waals surface area contributed by atoms with E-state index in [1.807, 2.05) is 13.8 Å². The minimum atomic E-state index is -0.866. The van der Waals surface area contributed by atoms with Crippen LogP contribution in [0.5, 0.6) is 0 Å². The molecule has 0 aromatic rings. The van der Waals surface area contributed by atoms with Crippen LogP contribution in [0.2, 0.25) is 0 Å². The van der Waals surface area contributed by atoms with Crippen LogP contribution in [-0.4, -0.2) is 10.8 Å². The van der Waals surface area contributed by atoms with E-state index < -0.39 is 10.8 Å². The third-order valence-corrected chi connectivity index (χ3v) is 2.97. The molecule has 10 heavy (non-hydrogen) atoms. The van der Waals surface area contributed by atoms with E-state index in [2.05, 4.69) is 4.29 Å². The second-order valence-electron chi connectivity index (χ2n) is 3.23. The maximum atomic E-state index is 10.8. The number of alkyl halides is 1. The molecule has 1 aliphatic carbocycles. The summed E-state index contributed by atoms with van der Waals surface area (Å²) >= 11 is 10.7. The Morgan fingerprint density at radius 2 is 2.00 bits per heavy atom. The Morgan fingerprint density at radius 3 is 2.10 bits per heavy atom. The minimum Gasteiger partial charge on any atom is -0.346 e. The summed E-state index contributed by atoms with van der Waals surface area (Å²) in [5, 5.41) is 0. The molecule has 0 aromatic carbocycles. The number of hydrogen-bond acceptors (Lipinski definition) is 2. The van der Waals surface area contributed by atoms with Crippen molar-refractivity contribution >= 4 is 29.4 Å². The molecule has 2 nitrogen and oxygen atoms in total. The normalized spacial score (nSPS) is 35.2. The molecule has 0 bridgehead atoms. The van der Waals surface area contributed by atoms with Crippen LogP contribution < -0.4 is 0 Å². The average molecular weight is 183 g/mol. The summed E-state index contributed by atoms with van der Waals surface area (Å²) in [4.78, 5) is 9.96. The maximum Gasteiger partial charge on any atom is 0.346 e. The van der Waals surface area contributed by atoms with Crippen LogP contribution in [-0.2, 0) is 9.08 Å². The molecule has 0 spiro atoms. The molecule has 0 saturated heterocycles. The van der Waals surface area contributed by atoms with Gasteiger partial charge >= 0.3 is 5.97 Å². The summed E-state index contributed by atoms with van der Waals surface area (Å²) in [6, 6.07) is 0. The Bertz CT molecular complexity index is 179. The summed E-state index contributed by atoms with van der Waals surface area (Å²) < 4.78 is 4.01. The second-order valence-corrected chi connectivity index (χ2v) is 4.03. The first kappa shape index (κ1) is 8.15. The van der Waals surface area contributed by atoms with Gasteiger partial charge in [0.05, 0.1) is 0 Å². The first-order valence-electron chi connectivity index (χ1n) is 2.96. The molecule has 4 heteroatoms. The zero-order valence-corrected chi connectivity index (χ0v) is 7.29. The highest BCUT2D eigenvalue weighted by atomic mass is 35.5. The molecular weight excluding hydrogens is 175 g/mol. The van der Waals surface area contributed by atoms with Crippen molar-refractivity contribution in [1.82, 2.24) is 0 Å². The van der Waals surface area contributed by atoms with Gasteiger partial charge in [-0.25, -0.2) is 4.79 Å². The van der Waals surface area contributed by atoms with Crippen molar-refractivity contribution in [2.24, 2.45) is 5.41 Å². The van der Waals surface area contributed by atoms with Crippen LogP contribution in [0.3, 0.4) is 0 Å². The van der Waals surface area contributed by atoms with Crippen LogP contribution in [0.25, 0.3) is 0 Å². The topological polar surface area (TPSA) is 26.3 Å². The second kappa shape index (κ2) is 2.02. The number of hydrogen-bond donors (Lipinski definition) is 0. The zero-order chi connectivity index (χ0) is 7.99. The fourth-order valence-electron chi connectivity index (χ4n) is 0.974. The molecule has 1 saturated carbocycles. The molecule has 58 valence electrons. The van der Waals surface area contributed by atoms with Crippen LogP contribution >= 0.6 is 23.5 Å². The number of rotatable bonds is 1. The van der Waals surface area contributed by atoms with Gasteiger partial charge < -0.3 is 4.29 Å². The third-order valence-electron chi connectivity index (χ3n) is 2.03. The van der Waals surface area contributed by atoms with Crippen molar-refractivity contribution in [3.05, 3.63) is 0 Å². The van der Waals surface area contributed by atoms with Crippen molar-refractivity contribution in [2.45, 2.75) is 25.1 Å². The summed E-state index contributed by atoms with van der Waals surface area (Å²) in [6.45, 7) is 3.79. The number of carbonyl (C=O) groups is 1. The summed E-state index contributed by atoms with van der Waals surface area (Å²) in [7, 11) is 0. The Morgan fingerprint density at radius 1 is 1.60 bits per heavy atom. The molecule has 0 aromatic heterocycles. The van der Waals surface area contributed by atoms with E-state index in [1.54, 1.807) is 0 Å². The van der Waals surface area contributed by atoms with Crippen molar-refractivity contribution < 1.29 is 9.08 Å². The van der Waals surface area contributed by atoms with Crippen LogP contribution in [0.15, 0.2) is 0 Å². The first-order valence-corrected chi connectivity index (χ1v) is 3.65. The van der Waals surface area contributed by atoms with Gasteiger partial charge in [0.25, 0.3) is 0 Å². The highest BCUT2D eigenvalue weighted by Crippen LogP contribution is 2.61. The largest absolute Gasteiger partial charge is 0.346 e. The standard InChI is InChI=1S/C6H8Cl2O2/c1-5(2)3-6(5,7)4(9)10-8/h3H2,1-2H3. The monoisotopic (exact) mass is 182 g/mol. The van der Waals surface area contributed by atoms with Gasteiger partial charge in [-0.05, 0) is 11.8 Å². The Hall–Kier alpha value is 0.0500. The van der Waals surface area contributed by atoms with E-state index in [9.17, 15) is 4.79 Å². The lowest BCUT2D eigenvalue weighted by Crippen LogP contribution is -2.21. The predicted octanol–water partition coefficient (Wildman–Crippen LogP) is 2.09. The molecule has 1 aliphatic rings. The maximum absolute atomic E-state index is 10.8. The van der Waals surface area contributed by atoms with E-state index in [0.717, 1.165) is 0 Å². The van der Waals surface area contributed by atoms with E-state index >= 15 is 0 Å². The Kier molecular flexibility index (Phi) is 1.64. The fourth-order valence-corrected chi connectivity index (χ4v) is 1.52. The van der Waals surface area contributed by atoms with Gasteiger partial charge in [-0.1, -0.05) is 13.8 Å². The predicted molar refractivity (Wildman–Crippen MR) is 38.9 cm³/mol. The van der Waals surface area contributed by atoms with E-state index in [0.29, 0.717) is 6.42 Å². The van der Waals surface area contributed by atoms with Crippen molar-refractivity contribution in [2.75, 3.05) is 0 Å². The molecule has 1 fully saturated rings. The van der Waals surface area contributed by atoms with Gasteiger partial charge in [-0.2, -0.15) is 0 Å². The highest BCUT2D eigenvalue weighted by Gasteiger charge is 2.67. The molecule has 1 rings (SSSR count). The molecular formula is C6H8Cl2O2. The number of halogens is 2. The van der Waals surface area contributed by atoms with Crippen molar-refractivity contribution in [3.63, 3.8) is 0 Å². The molecule has 0 aliphatic heterocycles. The minimum absolute atomic E-state index is 0.166. The van der Waals surface area contributed by atoms with E-state index in [1.165, 1.54) is 0 Å². The summed E-state index contributed by atoms with van der Waals surface area (Å²) in [5.41, 5.74) is -0.166. The van der Waals surface area contributed by atoms with Gasteiger partial charge in [-0.3, -0.25) is 0 Å². The smallest absolute Gasteiger partial charge is 0.346 e. The highest BCUT2D eigenvalue weighted by molar-refractivity contribution is 6.38. The lowest BCUT2D eigenvalue weighted by atomic mass is 10.1. The van der Waals surface area contributed by atoms with Crippen molar-refractivity contribution in [1.29, 1.82) is 0 Å². The van der Waals surface area contributed by atoms with Gasteiger partial charge in [0.1, 0.15) is 16.7 Å². The quantitative estimate of drug-likeness (QED) is 0.581. The lowest BCUT2D eigenvalue weighted by Gasteiger charge is -2.06. The molecule has 0 amide bonds. The van der Waals surface area contributed by atoms with Gasteiger partial charge in [0, 0.05) is 0 Å². The average Bonchev–Trinajstić information content (AvgIpc) is 2.32.